The average molecular weight is 360 g/mol. The van der Waals surface area contributed by atoms with Crippen LogP contribution in [0.5, 0.6) is 0 Å². The van der Waals surface area contributed by atoms with E-state index in [4.69, 9.17) is 16.0 Å². The van der Waals surface area contributed by atoms with Crippen LogP contribution in [0.15, 0.2) is 26.2 Å². The van der Waals surface area contributed by atoms with Gasteiger partial charge in [0.2, 0.25) is 5.82 Å². The molecule has 0 saturated heterocycles. The van der Waals surface area contributed by atoms with Crippen LogP contribution in [0.4, 0.5) is 0 Å². The Morgan fingerprint density at radius 3 is 2.79 bits per heavy atom. The van der Waals surface area contributed by atoms with Gasteiger partial charge < -0.3 is 4.42 Å². The van der Waals surface area contributed by atoms with Crippen molar-refractivity contribution < 1.29 is 4.42 Å². The van der Waals surface area contributed by atoms with E-state index >= 15 is 0 Å². The van der Waals surface area contributed by atoms with Crippen LogP contribution in [0, 0.1) is 6.92 Å². The lowest BCUT2D eigenvalue weighted by Crippen LogP contribution is -2.01. The molecule has 98 valence electrons. The largest absolute Gasteiger partial charge is 0.458 e. The van der Waals surface area contributed by atoms with E-state index in [-0.39, 0.29) is 0 Å². The molecule has 3 rings (SSSR count). The van der Waals surface area contributed by atoms with Gasteiger partial charge in [-0.05, 0) is 41.2 Å². The maximum atomic E-state index is 6.03. The highest BCUT2D eigenvalue weighted by Gasteiger charge is 2.18. The highest BCUT2D eigenvalue weighted by Crippen LogP contribution is 2.30. The summed E-state index contributed by atoms with van der Waals surface area (Å²) < 4.78 is 7.83. The lowest BCUT2D eigenvalue weighted by molar-refractivity contribution is 0.540. The van der Waals surface area contributed by atoms with Crippen LogP contribution in [0.25, 0.3) is 17.2 Å². The van der Waals surface area contributed by atoms with Crippen LogP contribution in [0.1, 0.15) is 5.76 Å². The van der Waals surface area contributed by atoms with Crippen LogP contribution in [-0.4, -0.2) is 25.8 Å². The summed E-state index contributed by atoms with van der Waals surface area (Å²) in [6.07, 6.45) is 1.91. The minimum Gasteiger partial charge on any atom is -0.458 e. The van der Waals surface area contributed by atoms with E-state index in [9.17, 15) is 0 Å². The van der Waals surface area contributed by atoms with Crippen molar-refractivity contribution in [3.8, 4) is 11.6 Å². The van der Waals surface area contributed by atoms with Crippen molar-refractivity contribution in [2.24, 2.45) is 0 Å². The first-order valence-electron chi connectivity index (χ1n) is 5.32. The molecule has 0 N–H and O–H groups in total. The van der Waals surface area contributed by atoms with E-state index in [0.717, 1.165) is 5.76 Å². The molecule has 0 aliphatic carbocycles. The summed E-state index contributed by atoms with van der Waals surface area (Å²) in [7, 11) is 0. The summed E-state index contributed by atoms with van der Waals surface area (Å²) in [5, 5.41) is 5.19. The quantitative estimate of drug-likeness (QED) is 0.651. The summed E-state index contributed by atoms with van der Waals surface area (Å²) in [4.78, 5) is 8.82. The van der Waals surface area contributed by atoms with E-state index in [1.165, 1.54) is 11.8 Å². The molecule has 0 atom stereocenters. The zero-order valence-electron chi connectivity index (χ0n) is 10.0. The number of aromatic nitrogens is 4. The fourth-order valence-electron chi connectivity index (χ4n) is 1.67. The second-order valence-corrected chi connectivity index (χ2v) is 5.71. The monoisotopic (exact) mass is 358 g/mol. The van der Waals surface area contributed by atoms with Gasteiger partial charge in [0, 0.05) is 0 Å². The molecule has 5 nitrogen and oxygen atoms in total. The van der Waals surface area contributed by atoms with Gasteiger partial charge >= 0.3 is 0 Å². The Morgan fingerprint density at radius 2 is 2.16 bits per heavy atom. The number of fused-ring (bicyclic) bond motifs is 1. The van der Waals surface area contributed by atoms with E-state index in [1.54, 1.807) is 4.52 Å². The molecule has 3 heterocycles. The van der Waals surface area contributed by atoms with Crippen LogP contribution >= 0.6 is 39.3 Å². The summed E-state index contributed by atoms with van der Waals surface area (Å²) in [5.41, 5.74) is 0.619. The van der Waals surface area contributed by atoms with Crippen LogP contribution in [0.3, 0.4) is 0 Å². The van der Waals surface area contributed by atoms with E-state index < -0.39 is 0 Å². The molecular weight excluding hydrogens is 352 g/mol. The third-order valence-corrected chi connectivity index (χ3v) is 4.28. The number of hydrogen-bond acceptors (Lipinski definition) is 5. The molecule has 19 heavy (non-hydrogen) atoms. The van der Waals surface area contributed by atoms with E-state index in [1.807, 2.05) is 25.3 Å². The molecule has 0 spiro atoms. The van der Waals surface area contributed by atoms with Crippen LogP contribution < -0.4 is 0 Å². The Morgan fingerprint density at radius 1 is 1.37 bits per heavy atom. The lowest BCUT2D eigenvalue weighted by Gasteiger charge is -2.03. The molecule has 0 aromatic carbocycles. The first-order chi connectivity index (χ1) is 9.10. The molecule has 0 aliphatic heterocycles. The third-order valence-electron chi connectivity index (χ3n) is 2.51. The van der Waals surface area contributed by atoms with Gasteiger partial charge in [-0.2, -0.15) is 14.6 Å². The molecule has 0 amide bonds. The lowest BCUT2D eigenvalue weighted by atomic mass is 10.4. The number of aryl methyl sites for hydroxylation is 1. The first kappa shape index (κ1) is 13.0. The maximum Gasteiger partial charge on any atom is 0.201 e. The molecule has 0 bridgehead atoms. The van der Waals surface area contributed by atoms with Crippen molar-refractivity contribution in [1.82, 2.24) is 19.6 Å². The number of thioether (sulfide) groups is 1. The summed E-state index contributed by atoms with van der Waals surface area (Å²) >= 11 is 10.9. The average Bonchev–Trinajstić information content (AvgIpc) is 2.95. The molecular formula is C11H8BrClN4OS. The summed E-state index contributed by atoms with van der Waals surface area (Å²) in [6, 6.07) is 3.73. The van der Waals surface area contributed by atoms with Crippen molar-refractivity contribution in [3.63, 3.8) is 0 Å². The molecule has 3 aromatic heterocycles. The van der Waals surface area contributed by atoms with Crippen molar-refractivity contribution in [2.45, 2.75) is 12.1 Å². The van der Waals surface area contributed by atoms with Crippen LogP contribution in [-0.2, 0) is 0 Å². The second kappa shape index (κ2) is 4.81. The van der Waals surface area contributed by atoms with E-state index in [0.29, 0.717) is 32.0 Å². The zero-order valence-corrected chi connectivity index (χ0v) is 13.2. The molecule has 0 fully saturated rings. The van der Waals surface area contributed by atoms with Gasteiger partial charge in [0.1, 0.15) is 10.2 Å². The van der Waals surface area contributed by atoms with E-state index in [2.05, 4.69) is 31.0 Å². The van der Waals surface area contributed by atoms with Gasteiger partial charge in [-0.3, -0.25) is 0 Å². The minimum atomic E-state index is 0.345. The Balaban J connectivity index is 2.36. The normalized spacial score (nSPS) is 11.4. The van der Waals surface area contributed by atoms with Gasteiger partial charge in [-0.1, -0.05) is 23.4 Å². The third kappa shape index (κ3) is 2.15. The van der Waals surface area contributed by atoms with Crippen molar-refractivity contribution in [2.75, 3.05) is 6.26 Å². The van der Waals surface area contributed by atoms with Gasteiger partial charge in [0.25, 0.3) is 0 Å². The Labute approximate surface area is 126 Å². The van der Waals surface area contributed by atoms with Crippen molar-refractivity contribution >= 4 is 44.9 Å². The maximum absolute atomic E-state index is 6.03. The summed E-state index contributed by atoms with van der Waals surface area (Å²) in [6.45, 7) is 1.88. The van der Waals surface area contributed by atoms with Crippen LogP contribution in [0.2, 0.25) is 5.15 Å². The number of hydrogen-bond donors (Lipinski definition) is 0. The number of nitrogens with zero attached hydrogens (tertiary/aromatic N) is 4. The fourth-order valence-corrected chi connectivity index (χ4v) is 2.52. The van der Waals surface area contributed by atoms with Gasteiger partial charge in [-0.15, -0.1) is 0 Å². The highest BCUT2D eigenvalue weighted by atomic mass is 79.9. The topological polar surface area (TPSA) is 56.2 Å². The molecule has 0 aliphatic rings. The van der Waals surface area contributed by atoms with Crippen molar-refractivity contribution in [1.29, 1.82) is 0 Å². The fraction of sp³-hybridized carbons (Fsp3) is 0.182. The Bertz CT molecular complexity index is 769. The molecule has 8 heteroatoms. The van der Waals surface area contributed by atoms with Gasteiger partial charge in [-0.25, -0.2) is 4.98 Å². The highest BCUT2D eigenvalue weighted by molar-refractivity contribution is 9.10. The predicted molar refractivity (Wildman–Crippen MR) is 77.7 cm³/mol. The standard InChI is InChI=1S/C11H8BrClN4OS/c1-5-3-4-6(18-5)9-14-11(19-2)15-10-7(12)8(13)16-17(9)10/h3-4H,1-2H3. The smallest absolute Gasteiger partial charge is 0.201 e. The minimum absolute atomic E-state index is 0.345. The Hall–Kier alpha value is -1.05. The molecule has 3 aromatic rings. The zero-order chi connectivity index (χ0) is 13.6. The molecule has 0 radical (unpaired) electrons. The SMILES string of the molecule is CSc1nc(-c2ccc(C)o2)n2nc(Cl)c(Br)c2n1. The predicted octanol–water partition coefficient (Wildman–Crippen LogP) is 3.83. The number of halogens is 2. The van der Waals surface area contributed by atoms with Crippen molar-refractivity contribution in [3.05, 3.63) is 27.5 Å². The summed E-state index contributed by atoms with van der Waals surface area (Å²) in [5.74, 6) is 2.02. The van der Waals surface area contributed by atoms with Gasteiger partial charge in [0.05, 0.1) is 0 Å². The molecule has 0 unspecified atom stereocenters. The Kier molecular flexibility index (Phi) is 3.28. The number of furan rings is 1. The second-order valence-electron chi connectivity index (χ2n) is 3.78. The van der Waals surface area contributed by atoms with Gasteiger partial charge in [0.15, 0.2) is 21.7 Å². The number of rotatable bonds is 2. The first-order valence-corrected chi connectivity index (χ1v) is 7.72. The molecule has 0 saturated carbocycles.